The van der Waals surface area contributed by atoms with E-state index in [0.29, 0.717) is 5.56 Å². The molecule has 1 heterocycles. The molecular weight excluding hydrogens is 252 g/mol. The van der Waals surface area contributed by atoms with Gasteiger partial charge >= 0.3 is 0 Å². The Labute approximate surface area is 120 Å². The van der Waals surface area contributed by atoms with Gasteiger partial charge in [0.25, 0.3) is 5.91 Å². The largest absolute Gasteiger partial charge is 0.394 e. The second-order valence-corrected chi connectivity index (χ2v) is 5.39. The zero-order valence-corrected chi connectivity index (χ0v) is 12.4. The first-order valence-corrected chi connectivity index (χ1v) is 7.43. The summed E-state index contributed by atoms with van der Waals surface area (Å²) >= 11 is 0. The van der Waals surface area contributed by atoms with Crippen molar-refractivity contribution in [2.24, 2.45) is 0 Å². The minimum absolute atomic E-state index is 0.0231. The Bertz CT molecular complexity index is 474. The maximum absolute atomic E-state index is 12.6. The van der Waals surface area contributed by atoms with Gasteiger partial charge in [-0.2, -0.15) is 0 Å². The number of anilines is 1. The molecule has 110 valence electrons. The number of hydrogen-bond donors (Lipinski definition) is 2. The zero-order chi connectivity index (χ0) is 14.5. The summed E-state index contributed by atoms with van der Waals surface area (Å²) in [5, 5.41) is 12.7. The Morgan fingerprint density at radius 1 is 1.45 bits per heavy atom. The molecule has 4 nitrogen and oxygen atoms in total. The summed E-state index contributed by atoms with van der Waals surface area (Å²) in [4.78, 5) is 14.4. The molecule has 1 aromatic rings. The van der Waals surface area contributed by atoms with Gasteiger partial charge in [-0.1, -0.05) is 0 Å². The molecule has 2 N–H and O–H groups in total. The van der Waals surface area contributed by atoms with Gasteiger partial charge in [-0.15, -0.1) is 0 Å². The molecule has 0 aromatic heterocycles. The van der Waals surface area contributed by atoms with Crippen molar-refractivity contribution in [3.05, 3.63) is 29.3 Å². The molecule has 20 heavy (non-hydrogen) atoms. The minimum Gasteiger partial charge on any atom is -0.394 e. The number of likely N-dealkylation sites (tertiary alicyclic amines) is 1. The Hall–Kier alpha value is -1.55. The molecule has 1 unspecified atom stereocenters. The molecule has 1 fully saturated rings. The number of hydrogen-bond acceptors (Lipinski definition) is 3. The zero-order valence-electron chi connectivity index (χ0n) is 12.4. The number of rotatable bonds is 4. The number of aryl methyl sites for hydroxylation is 1. The molecule has 0 spiro atoms. The van der Waals surface area contributed by atoms with Gasteiger partial charge in [0.05, 0.1) is 12.6 Å². The number of piperidine rings is 1. The van der Waals surface area contributed by atoms with Crippen molar-refractivity contribution < 1.29 is 9.90 Å². The summed E-state index contributed by atoms with van der Waals surface area (Å²) in [6.07, 6.45) is 3.01. The second kappa shape index (κ2) is 6.75. The van der Waals surface area contributed by atoms with Gasteiger partial charge in [0.15, 0.2) is 0 Å². The van der Waals surface area contributed by atoms with Crippen LogP contribution in [0.1, 0.15) is 42.1 Å². The highest BCUT2D eigenvalue weighted by Gasteiger charge is 2.26. The van der Waals surface area contributed by atoms with Crippen molar-refractivity contribution in [2.75, 3.05) is 25.0 Å². The summed E-state index contributed by atoms with van der Waals surface area (Å²) in [6.45, 7) is 5.73. The van der Waals surface area contributed by atoms with Crippen LogP contribution < -0.4 is 5.32 Å². The molecular formula is C16H24N2O2. The number of benzene rings is 1. The van der Waals surface area contributed by atoms with Crippen LogP contribution in [0.3, 0.4) is 0 Å². The summed E-state index contributed by atoms with van der Waals surface area (Å²) < 4.78 is 0. The van der Waals surface area contributed by atoms with Crippen LogP contribution in [0.4, 0.5) is 5.69 Å². The number of nitrogens with zero attached hydrogens (tertiary/aromatic N) is 1. The third-order valence-corrected chi connectivity index (χ3v) is 3.94. The molecule has 0 saturated carbocycles. The number of aliphatic hydroxyl groups excluding tert-OH is 1. The third kappa shape index (κ3) is 3.12. The van der Waals surface area contributed by atoms with Crippen molar-refractivity contribution in [1.82, 2.24) is 4.90 Å². The van der Waals surface area contributed by atoms with Crippen LogP contribution in [0.25, 0.3) is 0 Å². The molecule has 0 radical (unpaired) electrons. The van der Waals surface area contributed by atoms with Gasteiger partial charge in [-0.25, -0.2) is 0 Å². The highest BCUT2D eigenvalue weighted by atomic mass is 16.3. The normalized spacial score (nSPS) is 18.9. The predicted molar refractivity (Wildman–Crippen MR) is 81.1 cm³/mol. The molecule has 1 atom stereocenters. The van der Waals surface area contributed by atoms with Crippen LogP contribution in [0.15, 0.2) is 18.2 Å². The lowest BCUT2D eigenvalue weighted by atomic mass is 10.0. The van der Waals surface area contributed by atoms with Crippen LogP contribution in [0, 0.1) is 6.92 Å². The van der Waals surface area contributed by atoms with Crippen molar-refractivity contribution in [2.45, 2.75) is 39.2 Å². The smallest absolute Gasteiger partial charge is 0.254 e. The van der Waals surface area contributed by atoms with Gasteiger partial charge in [0.2, 0.25) is 0 Å². The van der Waals surface area contributed by atoms with E-state index in [9.17, 15) is 9.90 Å². The van der Waals surface area contributed by atoms with Crippen LogP contribution in [0.2, 0.25) is 0 Å². The standard InChI is InChI=1S/C16H24N2O2/c1-3-17-15-8-7-13(10-12(15)2)16(20)18-9-5-4-6-14(18)11-19/h7-8,10,14,17,19H,3-6,9,11H2,1-2H3. The van der Waals surface area contributed by atoms with E-state index in [0.717, 1.165) is 43.6 Å². The molecule has 2 rings (SSSR count). The van der Waals surface area contributed by atoms with Gasteiger partial charge in [0.1, 0.15) is 0 Å². The number of nitrogens with one attached hydrogen (secondary N) is 1. The van der Waals surface area contributed by atoms with E-state index in [4.69, 9.17) is 0 Å². The average Bonchev–Trinajstić information content (AvgIpc) is 2.48. The Kier molecular flexibility index (Phi) is 5.01. The molecule has 4 heteroatoms. The van der Waals surface area contributed by atoms with Crippen molar-refractivity contribution >= 4 is 11.6 Å². The molecule has 0 aliphatic carbocycles. The number of carbonyl (C=O) groups is 1. The number of carbonyl (C=O) groups excluding carboxylic acids is 1. The van der Waals surface area contributed by atoms with E-state index in [1.165, 1.54) is 0 Å². The van der Waals surface area contributed by atoms with E-state index in [-0.39, 0.29) is 18.6 Å². The molecule has 1 aliphatic heterocycles. The predicted octanol–water partition coefficient (Wildman–Crippen LogP) is 2.41. The van der Waals surface area contributed by atoms with Crippen molar-refractivity contribution in [1.29, 1.82) is 0 Å². The van der Waals surface area contributed by atoms with Crippen LogP contribution in [0.5, 0.6) is 0 Å². The fourth-order valence-electron chi connectivity index (χ4n) is 2.81. The SMILES string of the molecule is CCNc1ccc(C(=O)N2CCCCC2CO)cc1C. The summed E-state index contributed by atoms with van der Waals surface area (Å²) in [5.41, 5.74) is 2.86. The van der Waals surface area contributed by atoms with Crippen LogP contribution in [-0.2, 0) is 0 Å². The van der Waals surface area contributed by atoms with Gasteiger partial charge in [0, 0.05) is 24.3 Å². The van der Waals surface area contributed by atoms with Crippen molar-refractivity contribution in [3.63, 3.8) is 0 Å². The number of aliphatic hydroxyl groups is 1. The second-order valence-electron chi connectivity index (χ2n) is 5.39. The highest BCUT2D eigenvalue weighted by molar-refractivity contribution is 5.95. The summed E-state index contributed by atoms with van der Waals surface area (Å²) in [5.74, 6) is 0.0369. The Morgan fingerprint density at radius 3 is 2.90 bits per heavy atom. The van der Waals surface area contributed by atoms with Gasteiger partial charge in [-0.3, -0.25) is 4.79 Å². The topological polar surface area (TPSA) is 52.6 Å². The lowest BCUT2D eigenvalue weighted by Crippen LogP contribution is -2.45. The van der Waals surface area contributed by atoms with Gasteiger partial charge in [-0.05, 0) is 56.9 Å². The van der Waals surface area contributed by atoms with Crippen LogP contribution >= 0.6 is 0 Å². The minimum atomic E-state index is -0.0231. The first-order chi connectivity index (χ1) is 9.67. The van der Waals surface area contributed by atoms with E-state index in [1.54, 1.807) is 0 Å². The quantitative estimate of drug-likeness (QED) is 0.888. The maximum atomic E-state index is 12.6. The number of amides is 1. The lowest BCUT2D eigenvalue weighted by molar-refractivity contribution is 0.0503. The molecule has 1 aromatic carbocycles. The van der Waals surface area contributed by atoms with Crippen molar-refractivity contribution in [3.8, 4) is 0 Å². The maximum Gasteiger partial charge on any atom is 0.254 e. The average molecular weight is 276 g/mol. The Morgan fingerprint density at radius 2 is 2.25 bits per heavy atom. The molecule has 1 amide bonds. The van der Waals surface area contributed by atoms with E-state index >= 15 is 0 Å². The fraction of sp³-hybridized carbons (Fsp3) is 0.562. The van der Waals surface area contributed by atoms with Crippen LogP contribution in [-0.4, -0.2) is 41.7 Å². The fourth-order valence-corrected chi connectivity index (χ4v) is 2.81. The highest BCUT2D eigenvalue weighted by Crippen LogP contribution is 2.22. The monoisotopic (exact) mass is 276 g/mol. The molecule has 1 aliphatic rings. The van der Waals surface area contributed by atoms with Gasteiger partial charge < -0.3 is 15.3 Å². The summed E-state index contributed by atoms with van der Waals surface area (Å²) in [7, 11) is 0. The molecule has 1 saturated heterocycles. The first kappa shape index (κ1) is 14.9. The Balaban J connectivity index is 2.17. The van der Waals surface area contributed by atoms with E-state index in [2.05, 4.69) is 12.2 Å². The molecule has 0 bridgehead atoms. The lowest BCUT2D eigenvalue weighted by Gasteiger charge is -2.34. The van der Waals surface area contributed by atoms with E-state index < -0.39 is 0 Å². The first-order valence-electron chi connectivity index (χ1n) is 7.43. The van der Waals surface area contributed by atoms with E-state index in [1.807, 2.05) is 30.0 Å². The third-order valence-electron chi connectivity index (χ3n) is 3.94. The summed E-state index contributed by atoms with van der Waals surface area (Å²) in [6, 6.07) is 5.74.